The maximum Gasteiger partial charge on any atom is 0.433 e. The maximum atomic E-state index is 13.5. The van der Waals surface area contributed by atoms with Gasteiger partial charge in [0.25, 0.3) is 5.91 Å². The van der Waals surface area contributed by atoms with Crippen LogP contribution in [0.25, 0.3) is 0 Å². The number of aliphatic hydroxyl groups is 1. The van der Waals surface area contributed by atoms with E-state index < -0.39 is 41.7 Å². The highest BCUT2D eigenvalue weighted by Crippen LogP contribution is 2.34. The van der Waals surface area contributed by atoms with Crippen molar-refractivity contribution in [3.8, 4) is 17.4 Å². The zero-order chi connectivity index (χ0) is 21.3. The Bertz CT molecular complexity index is 912. The first-order valence-corrected chi connectivity index (χ1v) is 8.49. The largest absolute Gasteiger partial charge is 0.504 e. The van der Waals surface area contributed by atoms with Crippen molar-refractivity contribution in [3.05, 3.63) is 47.2 Å². The molecule has 3 rings (SSSR count). The van der Waals surface area contributed by atoms with Crippen molar-refractivity contribution in [2.75, 3.05) is 13.1 Å². The zero-order valence-electron chi connectivity index (χ0n) is 14.9. The highest BCUT2D eigenvalue weighted by Gasteiger charge is 2.35. The number of phenols is 1. The number of pyridine rings is 1. The number of likely N-dealkylation sites (tertiary alicyclic amines) is 1. The predicted octanol–water partition coefficient (Wildman–Crippen LogP) is 2.21. The minimum Gasteiger partial charge on any atom is -0.504 e. The second-order valence-electron chi connectivity index (χ2n) is 6.48. The number of phenolic OH excluding ortho intramolecular Hbond substituents is 1. The van der Waals surface area contributed by atoms with Crippen LogP contribution < -0.4 is 10.5 Å². The van der Waals surface area contributed by atoms with Gasteiger partial charge < -0.3 is 25.6 Å². The van der Waals surface area contributed by atoms with Gasteiger partial charge in [-0.15, -0.1) is 0 Å². The molecule has 1 fully saturated rings. The van der Waals surface area contributed by atoms with Gasteiger partial charge in [0.15, 0.2) is 11.5 Å². The molecule has 4 N–H and O–H groups in total. The van der Waals surface area contributed by atoms with Gasteiger partial charge >= 0.3 is 6.18 Å². The summed E-state index contributed by atoms with van der Waals surface area (Å²) in [6.45, 7) is -0.702. The molecule has 2 atom stereocenters. The number of amides is 1. The van der Waals surface area contributed by atoms with Crippen LogP contribution in [0.2, 0.25) is 0 Å². The zero-order valence-corrected chi connectivity index (χ0v) is 14.9. The Morgan fingerprint density at radius 1 is 1.28 bits per heavy atom. The Morgan fingerprint density at radius 2 is 2.00 bits per heavy atom. The number of carbonyl (C=O) groups is 1. The fraction of sp³-hybridized carbons (Fsp3) is 0.333. The molecule has 0 aliphatic carbocycles. The topological polar surface area (TPSA) is 109 Å². The van der Waals surface area contributed by atoms with Crippen LogP contribution in [0.15, 0.2) is 30.3 Å². The Labute approximate surface area is 162 Å². The number of hydrogen-bond donors (Lipinski definition) is 3. The van der Waals surface area contributed by atoms with E-state index in [2.05, 4.69) is 4.98 Å². The van der Waals surface area contributed by atoms with Gasteiger partial charge in [0.05, 0.1) is 6.54 Å². The average molecular weight is 415 g/mol. The van der Waals surface area contributed by atoms with E-state index >= 15 is 0 Å². The number of halogens is 4. The number of rotatable bonds is 4. The van der Waals surface area contributed by atoms with E-state index in [4.69, 9.17) is 10.5 Å². The smallest absolute Gasteiger partial charge is 0.433 e. The first kappa shape index (κ1) is 20.8. The lowest BCUT2D eigenvalue weighted by Gasteiger charge is -2.16. The number of alkyl halides is 4. The van der Waals surface area contributed by atoms with Crippen molar-refractivity contribution in [1.29, 1.82) is 0 Å². The van der Waals surface area contributed by atoms with Gasteiger partial charge in [-0.1, -0.05) is 0 Å². The molecule has 2 aromatic rings. The Hall–Kier alpha value is -2.92. The predicted molar refractivity (Wildman–Crippen MR) is 92.1 cm³/mol. The van der Waals surface area contributed by atoms with Gasteiger partial charge in [-0.3, -0.25) is 4.79 Å². The number of aromatic hydroxyl groups is 1. The first-order chi connectivity index (χ1) is 13.6. The molecule has 156 valence electrons. The van der Waals surface area contributed by atoms with Crippen LogP contribution in [-0.4, -0.2) is 51.4 Å². The minimum atomic E-state index is -4.73. The first-order valence-electron chi connectivity index (χ1n) is 8.49. The molecule has 1 saturated heterocycles. The summed E-state index contributed by atoms with van der Waals surface area (Å²) in [7, 11) is 0. The van der Waals surface area contributed by atoms with E-state index in [1.807, 2.05) is 0 Å². The third-order valence-electron chi connectivity index (χ3n) is 4.32. The van der Waals surface area contributed by atoms with Crippen LogP contribution >= 0.6 is 0 Å². The number of carbonyl (C=O) groups excluding carboxylic acids is 1. The maximum absolute atomic E-state index is 13.5. The number of aromatic nitrogens is 1. The summed E-state index contributed by atoms with van der Waals surface area (Å²) in [5.74, 6) is -1.86. The second-order valence-corrected chi connectivity index (χ2v) is 6.48. The van der Waals surface area contributed by atoms with Gasteiger partial charge in [-0.25, -0.2) is 9.37 Å². The molecule has 1 aromatic carbocycles. The van der Waals surface area contributed by atoms with Gasteiger partial charge in [0, 0.05) is 24.7 Å². The highest BCUT2D eigenvalue weighted by molar-refractivity contribution is 5.95. The quantitative estimate of drug-likeness (QED) is 0.661. The lowest BCUT2D eigenvalue weighted by atomic mass is 10.1. The Kier molecular flexibility index (Phi) is 5.62. The minimum absolute atomic E-state index is 0.00914. The number of hydrogen-bond acceptors (Lipinski definition) is 6. The third-order valence-corrected chi connectivity index (χ3v) is 4.32. The monoisotopic (exact) mass is 415 g/mol. The van der Waals surface area contributed by atoms with Crippen LogP contribution in [0.5, 0.6) is 17.4 Å². The summed E-state index contributed by atoms with van der Waals surface area (Å²) < 4.78 is 57.7. The standard InChI is InChI=1S/C18H17F4N3O4/c19-11-7-25(8-13(11)27)17(28)10-1-2-12(26)14(5-10)29-16-4-9(6-23)3-15(24-16)18(20,21)22/h1-5,11,13,26-27H,6-8,23H2. The van der Waals surface area contributed by atoms with Crippen LogP contribution in [0.3, 0.4) is 0 Å². The second kappa shape index (κ2) is 7.84. The highest BCUT2D eigenvalue weighted by atomic mass is 19.4. The van der Waals surface area contributed by atoms with E-state index in [0.29, 0.717) is 0 Å². The molecule has 7 nitrogen and oxygen atoms in total. The lowest BCUT2D eigenvalue weighted by Crippen LogP contribution is -2.29. The van der Waals surface area contributed by atoms with Crippen molar-refractivity contribution in [2.24, 2.45) is 5.73 Å². The Morgan fingerprint density at radius 3 is 2.59 bits per heavy atom. The molecule has 1 aromatic heterocycles. The van der Waals surface area contributed by atoms with E-state index in [1.165, 1.54) is 12.1 Å². The molecule has 0 spiro atoms. The molecule has 1 aliphatic heterocycles. The molecule has 1 amide bonds. The van der Waals surface area contributed by atoms with E-state index in [0.717, 1.165) is 23.1 Å². The third kappa shape index (κ3) is 4.57. The van der Waals surface area contributed by atoms with Crippen LogP contribution in [0.4, 0.5) is 17.6 Å². The summed E-state index contributed by atoms with van der Waals surface area (Å²) in [6, 6.07) is 5.40. The normalized spacial score (nSPS) is 19.4. The lowest BCUT2D eigenvalue weighted by molar-refractivity contribution is -0.141. The molecule has 0 radical (unpaired) electrons. The Balaban J connectivity index is 1.89. The number of nitrogens with two attached hydrogens (primary N) is 1. The van der Waals surface area contributed by atoms with E-state index in [9.17, 15) is 32.6 Å². The SMILES string of the molecule is NCc1cc(Oc2cc(C(=O)N3CC(O)C(F)C3)ccc2O)nc(C(F)(F)F)c1. The van der Waals surface area contributed by atoms with Gasteiger partial charge in [-0.05, 0) is 29.8 Å². The summed E-state index contributed by atoms with van der Waals surface area (Å²) in [5.41, 5.74) is 4.29. The fourth-order valence-corrected chi connectivity index (χ4v) is 2.81. The van der Waals surface area contributed by atoms with Crippen LogP contribution in [-0.2, 0) is 12.7 Å². The summed E-state index contributed by atoms with van der Waals surface area (Å²) >= 11 is 0. The van der Waals surface area contributed by atoms with Gasteiger partial charge in [0.1, 0.15) is 18.0 Å². The molecular formula is C18H17F4N3O4. The molecule has 1 aliphatic rings. The van der Waals surface area contributed by atoms with Crippen molar-refractivity contribution in [1.82, 2.24) is 9.88 Å². The molecule has 11 heteroatoms. The fourth-order valence-electron chi connectivity index (χ4n) is 2.81. The van der Waals surface area contributed by atoms with Crippen molar-refractivity contribution < 1.29 is 37.3 Å². The number of benzene rings is 1. The van der Waals surface area contributed by atoms with Gasteiger partial charge in [0.2, 0.25) is 5.88 Å². The molecular weight excluding hydrogens is 398 g/mol. The molecule has 29 heavy (non-hydrogen) atoms. The van der Waals surface area contributed by atoms with Crippen LogP contribution in [0.1, 0.15) is 21.6 Å². The summed E-state index contributed by atoms with van der Waals surface area (Å²) in [5, 5.41) is 19.4. The van der Waals surface area contributed by atoms with E-state index in [1.54, 1.807) is 0 Å². The molecule has 2 heterocycles. The summed E-state index contributed by atoms with van der Waals surface area (Å²) in [6.07, 6.45) is -7.60. The average Bonchev–Trinajstić information content (AvgIpc) is 3.00. The van der Waals surface area contributed by atoms with Gasteiger partial charge in [-0.2, -0.15) is 13.2 Å². The van der Waals surface area contributed by atoms with Crippen molar-refractivity contribution >= 4 is 5.91 Å². The number of ether oxygens (including phenoxy) is 1. The van der Waals surface area contributed by atoms with Crippen LogP contribution in [0, 0.1) is 0 Å². The molecule has 2 unspecified atom stereocenters. The van der Waals surface area contributed by atoms with E-state index in [-0.39, 0.29) is 36.5 Å². The number of β-amino-alcohol motifs (C(OH)–C–C–N with tert-alkyl or cyclic N) is 1. The van der Waals surface area contributed by atoms with Crippen molar-refractivity contribution in [2.45, 2.75) is 25.0 Å². The number of aliphatic hydroxyl groups excluding tert-OH is 1. The number of nitrogens with zero attached hydrogens (tertiary/aromatic N) is 2. The molecule has 0 saturated carbocycles. The van der Waals surface area contributed by atoms with Crippen molar-refractivity contribution in [3.63, 3.8) is 0 Å². The summed E-state index contributed by atoms with van der Waals surface area (Å²) in [4.78, 5) is 16.9. The molecule has 0 bridgehead atoms.